The molecule has 3 rings (SSSR count). The summed E-state index contributed by atoms with van der Waals surface area (Å²) in [5.41, 5.74) is 2.81. The van der Waals surface area contributed by atoms with E-state index in [0.29, 0.717) is 24.0 Å². The lowest BCUT2D eigenvalue weighted by Crippen LogP contribution is -1.94. The molecule has 0 N–H and O–H groups in total. The van der Waals surface area contributed by atoms with Crippen LogP contribution in [0.5, 0.6) is 5.88 Å². The molecule has 0 aliphatic rings. The molecule has 2 aromatic heterocycles. The van der Waals surface area contributed by atoms with Crippen LogP contribution in [0.3, 0.4) is 0 Å². The van der Waals surface area contributed by atoms with Gasteiger partial charge >= 0.3 is 0 Å². The van der Waals surface area contributed by atoms with Crippen molar-refractivity contribution in [2.24, 2.45) is 0 Å². The van der Waals surface area contributed by atoms with E-state index in [1.807, 2.05) is 32.0 Å². The molecule has 0 fully saturated rings. The largest absolute Gasteiger partial charge is 0.480 e. The third-order valence-corrected chi connectivity index (χ3v) is 3.14. The molecule has 0 spiro atoms. The zero-order valence-corrected chi connectivity index (χ0v) is 11.7. The van der Waals surface area contributed by atoms with Crippen LogP contribution < -0.4 is 4.74 Å². The number of hydrogen-bond acceptors (Lipinski definition) is 5. The van der Waals surface area contributed by atoms with E-state index in [9.17, 15) is 0 Å². The number of aryl methyl sites for hydroxylation is 2. The Morgan fingerprint density at radius 3 is 2.75 bits per heavy atom. The van der Waals surface area contributed by atoms with Gasteiger partial charge in [-0.05, 0) is 25.1 Å². The molecule has 0 radical (unpaired) electrons. The van der Waals surface area contributed by atoms with Crippen LogP contribution in [0.2, 0.25) is 0 Å². The molecule has 0 unspecified atom stereocenters. The standard InChI is InChI=1S/C15H15N3O2/c1-4-13-17-14(18-20-13)11-8-10-7-9(2)5-6-12(10)16-15(11)19-3/h5-8H,4H2,1-3H3. The Kier molecular flexibility index (Phi) is 3.10. The summed E-state index contributed by atoms with van der Waals surface area (Å²) in [5.74, 6) is 1.62. The zero-order valence-electron chi connectivity index (χ0n) is 11.7. The van der Waals surface area contributed by atoms with Crippen LogP contribution in [-0.2, 0) is 6.42 Å². The van der Waals surface area contributed by atoms with E-state index < -0.39 is 0 Å². The van der Waals surface area contributed by atoms with Crippen molar-refractivity contribution in [1.82, 2.24) is 15.1 Å². The smallest absolute Gasteiger partial charge is 0.226 e. The normalized spacial score (nSPS) is 10.9. The second-order valence-corrected chi connectivity index (χ2v) is 4.61. The number of rotatable bonds is 3. The summed E-state index contributed by atoms with van der Waals surface area (Å²) in [7, 11) is 1.59. The summed E-state index contributed by atoms with van der Waals surface area (Å²) in [4.78, 5) is 8.84. The topological polar surface area (TPSA) is 61.0 Å². The van der Waals surface area contributed by atoms with E-state index >= 15 is 0 Å². The van der Waals surface area contributed by atoms with Gasteiger partial charge in [-0.15, -0.1) is 0 Å². The van der Waals surface area contributed by atoms with Gasteiger partial charge in [0, 0.05) is 11.8 Å². The second-order valence-electron chi connectivity index (χ2n) is 4.61. The molecule has 0 saturated carbocycles. The summed E-state index contributed by atoms with van der Waals surface area (Å²) < 4.78 is 10.5. The predicted molar refractivity (Wildman–Crippen MR) is 75.7 cm³/mol. The fourth-order valence-corrected chi connectivity index (χ4v) is 2.10. The van der Waals surface area contributed by atoms with Crippen LogP contribution in [0.15, 0.2) is 28.8 Å². The van der Waals surface area contributed by atoms with Crippen LogP contribution in [0.1, 0.15) is 18.4 Å². The molecule has 20 heavy (non-hydrogen) atoms. The highest BCUT2D eigenvalue weighted by Crippen LogP contribution is 2.30. The quantitative estimate of drug-likeness (QED) is 0.730. The molecule has 0 saturated heterocycles. The van der Waals surface area contributed by atoms with Gasteiger partial charge in [-0.2, -0.15) is 4.98 Å². The number of benzene rings is 1. The maximum atomic E-state index is 5.35. The van der Waals surface area contributed by atoms with Crippen LogP contribution in [-0.4, -0.2) is 22.2 Å². The van der Waals surface area contributed by atoms with Crippen molar-refractivity contribution in [3.05, 3.63) is 35.7 Å². The molecule has 0 atom stereocenters. The lowest BCUT2D eigenvalue weighted by Gasteiger charge is -2.07. The first-order valence-corrected chi connectivity index (χ1v) is 6.49. The average molecular weight is 269 g/mol. The minimum Gasteiger partial charge on any atom is -0.480 e. The Hall–Kier alpha value is -2.43. The molecular weight excluding hydrogens is 254 g/mol. The highest BCUT2D eigenvalue weighted by Gasteiger charge is 2.15. The average Bonchev–Trinajstić information content (AvgIpc) is 2.94. The zero-order chi connectivity index (χ0) is 14.1. The van der Waals surface area contributed by atoms with Crippen molar-refractivity contribution in [3.8, 4) is 17.3 Å². The monoisotopic (exact) mass is 269 g/mol. The summed E-state index contributed by atoms with van der Waals surface area (Å²) in [6, 6.07) is 8.06. The molecule has 0 aliphatic heterocycles. The van der Waals surface area contributed by atoms with Crippen LogP contribution in [0, 0.1) is 6.92 Å². The van der Waals surface area contributed by atoms with E-state index in [4.69, 9.17) is 9.26 Å². The number of aromatic nitrogens is 3. The number of hydrogen-bond donors (Lipinski definition) is 0. The van der Waals surface area contributed by atoms with Gasteiger partial charge in [0.25, 0.3) is 0 Å². The van der Waals surface area contributed by atoms with Crippen LogP contribution in [0.25, 0.3) is 22.3 Å². The molecule has 1 aromatic carbocycles. The van der Waals surface area contributed by atoms with Crippen molar-refractivity contribution in [2.45, 2.75) is 20.3 Å². The molecule has 102 valence electrons. The van der Waals surface area contributed by atoms with Gasteiger partial charge in [-0.3, -0.25) is 0 Å². The van der Waals surface area contributed by atoms with E-state index in [1.54, 1.807) is 7.11 Å². The fraction of sp³-hybridized carbons (Fsp3) is 0.267. The number of fused-ring (bicyclic) bond motifs is 1. The molecule has 5 nitrogen and oxygen atoms in total. The third kappa shape index (κ3) is 2.11. The summed E-state index contributed by atoms with van der Waals surface area (Å²) in [6.07, 6.45) is 0.704. The van der Waals surface area contributed by atoms with E-state index in [0.717, 1.165) is 16.5 Å². The fourth-order valence-electron chi connectivity index (χ4n) is 2.10. The highest BCUT2D eigenvalue weighted by molar-refractivity contribution is 5.85. The summed E-state index contributed by atoms with van der Waals surface area (Å²) in [5, 5.41) is 5.02. The van der Waals surface area contributed by atoms with Gasteiger partial charge in [-0.1, -0.05) is 23.7 Å². The Morgan fingerprint density at radius 2 is 2.05 bits per heavy atom. The van der Waals surface area contributed by atoms with Gasteiger partial charge in [0.1, 0.15) is 0 Å². The maximum Gasteiger partial charge on any atom is 0.226 e. The Morgan fingerprint density at radius 1 is 1.20 bits per heavy atom. The Bertz CT molecular complexity index is 765. The van der Waals surface area contributed by atoms with Gasteiger partial charge in [0.2, 0.25) is 17.6 Å². The first kappa shape index (κ1) is 12.6. The summed E-state index contributed by atoms with van der Waals surface area (Å²) >= 11 is 0. The van der Waals surface area contributed by atoms with E-state index in [2.05, 4.69) is 21.2 Å². The predicted octanol–water partition coefficient (Wildman–Crippen LogP) is 3.16. The SMILES string of the molecule is CCc1nc(-c2cc3cc(C)ccc3nc2OC)no1. The third-order valence-electron chi connectivity index (χ3n) is 3.14. The lowest BCUT2D eigenvalue weighted by atomic mass is 10.1. The van der Waals surface area contributed by atoms with Crippen molar-refractivity contribution < 1.29 is 9.26 Å². The van der Waals surface area contributed by atoms with Crippen molar-refractivity contribution >= 4 is 10.9 Å². The molecule has 5 heteroatoms. The molecule has 3 aromatic rings. The van der Waals surface area contributed by atoms with Crippen LogP contribution in [0.4, 0.5) is 0 Å². The first-order chi connectivity index (χ1) is 9.71. The number of nitrogens with zero attached hydrogens (tertiary/aromatic N) is 3. The van der Waals surface area contributed by atoms with Gasteiger partial charge < -0.3 is 9.26 Å². The van der Waals surface area contributed by atoms with Gasteiger partial charge in [-0.25, -0.2) is 4.98 Å². The molecule has 0 bridgehead atoms. The van der Waals surface area contributed by atoms with Crippen molar-refractivity contribution in [2.75, 3.05) is 7.11 Å². The minimum absolute atomic E-state index is 0.504. The first-order valence-electron chi connectivity index (χ1n) is 6.49. The Balaban J connectivity index is 2.21. The van der Waals surface area contributed by atoms with Crippen molar-refractivity contribution in [3.63, 3.8) is 0 Å². The number of ether oxygens (including phenoxy) is 1. The molecule has 2 heterocycles. The minimum atomic E-state index is 0.504. The number of pyridine rings is 1. The van der Waals surface area contributed by atoms with E-state index in [-0.39, 0.29) is 0 Å². The molecule has 0 aliphatic carbocycles. The second kappa shape index (κ2) is 4.92. The highest BCUT2D eigenvalue weighted by atomic mass is 16.5. The lowest BCUT2D eigenvalue weighted by molar-refractivity contribution is 0.381. The van der Waals surface area contributed by atoms with E-state index in [1.165, 1.54) is 5.56 Å². The van der Waals surface area contributed by atoms with Gasteiger partial charge in [0.05, 0.1) is 18.2 Å². The Labute approximate surface area is 116 Å². The summed E-state index contributed by atoms with van der Waals surface area (Å²) in [6.45, 7) is 4.02. The van der Waals surface area contributed by atoms with Crippen molar-refractivity contribution in [1.29, 1.82) is 0 Å². The number of methoxy groups -OCH3 is 1. The van der Waals surface area contributed by atoms with Crippen LogP contribution >= 0.6 is 0 Å². The van der Waals surface area contributed by atoms with Gasteiger partial charge in [0.15, 0.2) is 0 Å². The maximum absolute atomic E-state index is 5.35. The molecular formula is C15H15N3O2. The molecule has 0 amide bonds.